The highest BCUT2D eigenvalue weighted by Crippen LogP contribution is 2.23. The van der Waals surface area contributed by atoms with Crippen LogP contribution in [-0.2, 0) is 4.74 Å². The largest absolute Gasteiger partial charge is 0.383 e. The first-order valence-corrected chi connectivity index (χ1v) is 6.49. The highest BCUT2D eigenvalue weighted by Gasteiger charge is 2.07. The summed E-state index contributed by atoms with van der Waals surface area (Å²) in [6, 6.07) is 8.17. The third-order valence-corrected chi connectivity index (χ3v) is 3.15. The van der Waals surface area contributed by atoms with Crippen molar-refractivity contribution < 1.29 is 4.74 Å². The lowest BCUT2D eigenvalue weighted by atomic mass is 10.1. The number of aromatic nitrogens is 3. The first kappa shape index (κ1) is 12.6. The minimum Gasteiger partial charge on any atom is -0.383 e. The number of fused-ring (bicyclic) bond motifs is 1. The van der Waals surface area contributed by atoms with Gasteiger partial charge in [0.25, 0.3) is 0 Å². The van der Waals surface area contributed by atoms with Crippen molar-refractivity contribution in [3.8, 4) is 5.69 Å². The van der Waals surface area contributed by atoms with Gasteiger partial charge in [-0.3, -0.25) is 9.55 Å². The monoisotopic (exact) mass is 268 g/mol. The number of hydrogen-bond acceptors (Lipinski definition) is 4. The quantitative estimate of drug-likeness (QED) is 0.722. The van der Waals surface area contributed by atoms with Crippen LogP contribution in [0.1, 0.15) is 0 Å². The van der Waals surface area contributed by atoms with Crippen LogP contribution in [0.2, 0.25) is 0 Å². The van der Waals surface area contributed by atoms with Gasteiger partial charge < -0.3 is 10.1 Å². The second-order valence-corrected chi connectivity index (χ2v) is 4.41. The molecule has 0 fully saturated rings. The van der Waals surface area contributed by atoms with E-state index in [-0.39, 0.29) is 0 Å². The number of pyridine rings is 1. The number of nitrogens with zero attached hydrogens (tertiary/aromatic N) is 3. The van der Waals surface area contributed by atoms with Crippen molar-refractivity contribution in [2.75, 3.05) is 25.6 Å². The first-order chi connectivity index (χ1) is 9.90. The van der Waals surface area contributed by atoms with Crippen LogP contribution in [0.3, 0.4) is 0 Å². The zero-order valence-electron chi connectivity index (χ0n) is 11.3. The van der Waals surface area contributed by atoms with E-state index in [0.717, 1.165) is 29.0 Å². The number of benzene rings is 1. The fraction of sp³-hybridized carbons (Fsp3) is 0.200. The molecule has 0 unspecified atom stereocenters. The molecular formula is C15H16N4O. The molecule has 0 aliphatic heterocycles. The highest BCUT2D eigenvalue weighted by atomic mass is 16.5. The van der Waals surface area contributed by atoms with Gasteiger partial charge in [0.05, 0.1) is 12.3 Å². The number of ether oxygens (including phenoxy) is 1. The fourth-order valence-electron chi connectivity index (χ4n) is 2.21. The molecule has 3 aromatic rings. The van der Waals surface area contributed by atoms with Crippen molar-refractivity contribution in [3.05, 3.63) is 49.1 Å². The topological polar surface area (TPSA) is 52.0 Å². The molecule has 102 valence electrons. The van der Waals surface area contributed by atoms with Gasteiger partial charge in [-0.15, -0.1) is 0 Å². The molecule has 0 atom stereocenters. The maximum Gasteiger partial charge on any atom is 0.207 e. The van der Waals surface area contributed by atoms with Crippen molar-refractivity contribution in [1.29, 1.82) is 0 Å². The van der Waals surface area contributed by atoms with E-state index in [9.17, 15) is 0 Å². The van der Waals surface area contributed by atoms with Crippen LogP contribution in [-0.4, -0.2) is 34.8 Å². The third-order valence-electron chi connectivity index (χ3n) is 3.15. The SMILES string of the molecule is COCCNc1nccn1-c1cccc2cnccc12. The van der Waals surface area contributed by atoms with Crippen LogP contribution >= 0.6 is 0 Å². The van der Waals surface area contributed by atoms with Gasteiger partial charge in [0.15, 0.2) is 0 Å². The summed E-state index contributed by atoms with van der Waals surface area (Å²) in [6.07, 6.45) is 7.41. The van der Waals surface area contributed by atoms with E-state index in [0.29, 0.717) is 6.61 Å². The molecule has 0 spiro atoms. The van der Waals surface area contributed by atoms with Gasteiger partial charge in [0.1, 0.15) is 0 Å². The van der Waals surface area contributed by atoms with Gasteiger partial charge in [-0.2, -0.15) is 0 Å². The second-order valence-electron chi connectivity index (χ2n) is 4.41. The average molecular weight is 268 g/mol. The van der Waals surface area contributed by atoms with Gasteiger partial charge in [-0.25, -0.2) is 4.98 Å². The molecule has 20 heavy (non-hydrogen) atoms. The van der Waals surface area contributed by atoms with E-state index in [1.165, 1.54) is 0 Å². The average Bonchev–Trinajstić information content (AvgIpc) is 2.95. The normalized spacial score (nSPS) is 10.8. The Morgan fingerprint density at radius 2 is 2.20 bits per heavy atom. The van der Waals surface area contributed by atoms with Crippen molar-refractivity contribution in [1.82, 2.24) is 14.5 Å². The predicted molar refractivity (Wildman–Crippen MR) is 79.2 cm³/mol. The molecule has 0 saturated carbocycles. The fourth-order valence-corrected chi connectivity index (χ4v) is 2.21. The van der Waals surface area contributed by atoms with Gasteiger partial charge in [-0.05, 0) is 12.1 Å². The van der Waals surface area contributed by atoms with E-state index in [1.54, 1.807) is 19.5 Å². The Labute approximate surface area is 117 Å². The summed E-state index contributed by atoms with van der Waals surface area (Å²) in [6.45, 7) is 1.37. The van der Waals surface area contributed by atoms with E-state index in [1.807, 2.05) is 29.1 Å². The Hall–Kier alpha value is -2.40. The maximum atomic E-state index is 5.05. The Balaban J connectivity index is 2.01. The molecule has 0 amide bonds. The lowest BCUT2D eigenvalue weighted by Gasteiger charge is -2.11. The Morgan fingerprint density at radius 1 is 1.25 bits per heavy atom. The summed E-state index contributed by atoms with van der Waals surface area (Å²) in [5.41, 5.74) is 1.09. The number of rotatable bonds is 5. The van der Waals surface area contributed by atoms with Crippen LogP contribution < -0.4 is 5.32 Å². The van der Waals surface area contributed by atoms with Crippen molar-refractivity contribution in [2.45, 2.75) is 0 Å². The summed E-state index contributed by atoms with van der Waals surface area (Å²) in [4.78, 5) is 8.51. The zero-order valence-corrected chi connectivity index (χ0v) is 11.3. The minimum atomic E-state index is 0.645. The first-order valence-electron chi connectivity index (χ1n) is 6.49. The number of methoxy groups -OCH3 is 1. The third kappa shape index (κ3) is 2.35. The molecule has 0 radical (unpaired) electrons. The summed E-state index contributed by atoms with van der Waals surface area (Å²) >= 11 is 0. The molecule has 1 N–H and O–H groups in total. The maximum absolute atomic E-state index is 5.05. The molecule has 0 aliphatic carbocycles. The molecule has 1 aromatic carbocycles. The van der Waals surface area contributed by atoms with Crippen LogP contribution in [0.4, 0.5) is 5.95 Å². The van der Waals surface area contributed by atoms with Gasteiger partial charge >= 0.3 is 0 Å². The van der Waals surface area contributed by atoms with Crippen molar-refractivity contribution >= 4 is 16.7 Å². The van der Waals surface area contributed by atoms with Crippen molar-refractivity contribution in [2.24, 2.45) is 0 Å². The summed E-state index contributed by atoms with van der Waals surface area (Å²) in [5.74, 6) is 0.811. The Kier molecular flexibility index (Phi) is 3.60. The minimum absolute atomic E-state index is 0.645. The van der Waals surface area contributed by atoms with Crippen LogP contribution in [0.5, 0.6) is 0 Å². The summed E-state index contributed by atoms with van der Waals surface area (Å²) in [5, 5.41) is 5.53. The van der Waals surface area contributed by atoms with E-state index in [2.05, 4.69) is 27.4 Å². The van der Waals surface area contributed by atoms with Crippen molar-refractivity contribution in [3.63, 3.8) is 0 Å². The molecule has 0 aliphatic rings. The zero-order chi connectivity index (χ0) is 13.8. The number of nitrogens with one attached hydrogen (secondary N) is 1. The van der Waals surface area contributed by atoms with Gasteiger partial charge in [0.2, 0.25) is 5.95 Å². The predicted octanol–water partition coefficient (Wildman–Crippen LogP) is 2.48. The molecule has 5 nitrogen and oxygen atoms in total. The number of anilines is 1. The Bertz CT molecular complexity index is 702. The molecule has 2 aromatic heterocycles. The molecule has 2 heterocycles. The lowest BCUT2D eigenvalue weighted by Crippen LogP contribution is -2.11. The van der Waals surface area contributed by atoms with Gasteiger partial charge in [0, 0.05) is 49.2 Å². The van der Waals surface area contributed by atoms with E-state index in [4.69, 9.17) is 4.74 Å². The highest BCUT2D eigenvalue weighted by molar-refractivity contribution is 5.89. The van der Waals surface area contributed by atoms with Crippen LogP contribution in [0.25, 0.3) is 16.5 Å². The van der Waals surface area contributed by atoms with Gasteiger partial charge in [-0.1, -0.05) is 12.1 Å². The lowest BCUT2D eigenvalue weighted by molar-refractivity contribution is 0.210. The molecule has 0 saturated heterocycles. The second kappa shape index (κ2) is 5.71. The van der Waals surface area contributed by atoms with E-state index >= 15 is 0 Å². The molecule has 3 rings (SSSR count). The van der Waals surface area contributed by atoms with E-state index < -0.39 is 0 Å². The summed E-state index contributed by atoms with van der Waals surface area (Å²) < 4.78 is 7.09. The summed E-state index contributed by atoms with van der Waals surface area (Å²) in [7, 11) is 1.69. The molecule has 0 bridgehead atoms. The van der Waals surface area contributed by atoms with Crippen LogP contribution in [0.15, 0.2) is 49.1 Å². The Morgan fingerprint density at radius 3 is 3.10 bits per heavy atom. The number of imidazole rings is 1. The van der Waals surface area contributed by atoms with Crippen LogP contribution in [0, 0.1) is 0 Å². The standard InChI is InChI=1S/C15H16N4O/c1-20-10-8-18-15-17-7-9-19(15)14-4-2-3-12-11-16-6-5-13(12)14/h2-7,9,11H,8,10H2,1H3,(H,17,18). The smallest absolute Gasteiger partial charge is 0.207 e. The molecular weight excluding hydrogens is 252 g/mol. The molecule has 5 heteroatoms. The number of hydrogen-bond donors (Lipinski definition) is 1.